The number of ether oxygens (including phenoxy) is 2. The number of aliphatic hydroxyl groups excluding tert-OH is 1. The molecule has 0 amide bonds. The van der Waals surface area contributed by atoms with Crippen LogP contribution < -0.4 is 4.74 Å². The molecule has 0 aliphatic carbocycles. The van der Waals surface area contributed by atoms with E-state index in [1.807, 2.05) is 31.2 Å². The van der Waals surface area contributed by atoms with E-state index < -0.39 is 6.10 Å². The Bertz CT molecular complexity index is 401. The molecule has 1 atom stereocenters. The van der Waals surface area contributed by atoms with Crippen LogP contribution in [0, 0.1) is 0 Å². The van der Waals surface area contributed by atoms with Crippen LogP contribution in [-0.2, 0) is 9.53 Å². The number of carbonyl (C=O) groups is 1. The summed E-state index contributed by atoms with van der Waals surface area (Å²) in [7, 11) is 0. The van der Waals surface area contributed by atoms with Gasteiger partial charge in [0.2, 0.25) is 0 Å². The first-order valence-electron chi connectivity index (χ1n) is 7.20. The maximum atomic E-state index is 11.1. The molecule has 0 saturated heterocycles. The number of para-hydroxylation sites is 1. The summed E-state index contributed by atoms with van der Waals surface area (Å²) in [6.07, 6.45) is 2.57. The van der Waals surface area contributed by atoms with E-state index in [1.54, 1.807) is 6.92 Å². The monoisotopic (exact) mass is 280 g/mol. The number of carbonyl (C=O) groups excluding carboxylic acids is 1. The van der Waals surface area contributed by atoms with Gasteiger partial charge < -0.3 is 14.6 Å². The van der Waals surface area contributed by atoms with Crippen molar-refractivity contribution in [1.29, 1.82) is 0 Å². The standard InChI is InChI=1S/C16H24O4/c1-3-19-16(18)11-5-4-8-12-20-15-10-7-6-9-14(15)13(2)17/h6-7,9-10,13,17H,3-5,8,11-12H2,1-2H3/t13-/m0/s1. The molecule has 0 aromatic heterocycles. The minimum atomic E-state index is -0.532. The lowest BCUT2D eigenvalue weighted by atomic mass is 10.1. The Morgan fingerprint density at radius 2 is 2.00 bits per heavy atom. The van der Waals surface area contributed by atoms with Crippen molar-refractivity contribution >= 4 is 5.97 Å². The van der Waals surface area contributed by atoms with Gasteiger partial charge in [0, 0.05) is 12.0 Å². The minimum absolute atomic E-state index is 0.132. The van der Waals surface area contributed by atoms with Crippen molar-refractivity contribution in [1.82, 2.24) is 0 Å². The van der Waals surface area contributed by atoms with Crippen molar-refractivity contribution in [2.75, 3.05) is 13.2 Å². The molecule has 0 saturated carbocycles. The van der Waals surface area contributed by atoms with Crippen LogP contribution in [0.3, 0.4) is 0 Å². The molecule has 0 unspecified atom stereocenters. The van der Waals surface area contributed by atoms with Gasteiger partial charge in [-0.05, 0) is 39.2 Å². The van der Waals surface area contributed by atoms with Crippen LogP contribution in [0.15, 0.2) is 24.3 Å². The van der Waals surface area contributed by atoms with Crippen molar-refractivity contribution in [3.8, 4) is 5.75 Å². The fraction of sp³-hybridized carbons (Fsp3) is 0.562. The molecule has 112 valence electrons. The Balaban J connectivity index is 2.20. The van der Waals surface area contributed by atoms with E-state index in [0.29, 0.717) is 19.6 Å². The van der Waals surface area contributed by atoms with Gasteiger partial charge in [-0.15, -0.1) is 0 Å². The van der Waals surface area contributed by atoms with Gasteiger partial charge in [-0.25, -0.2) is 0 Å². The predicted molar refractivity (Wildman–Crippen MR) is 77.7 cm³/mol. The molecule has 0 aliphatic rings. The SMILES string of the molecule is CCOC(=O)CCCCCOc1ccccc1[C@H](C)O. The molecule has 20 heavy (non-hydrogen) atoms. The van der Waals surface area contributed by atoms with Gasteiger partial charge in [-0.3, -0.25) is 4.79 Å². The second-order valence-corrected chi connectivity index (χ2v) is 4.68. The van der Waals surface area contributed by atoms with Gasteiger partial charge in [0.25, 0.3) is 0 Å². The second kappa shape index (κ2) is 9.37. The Labute approximate surface area is 120 Å². The first kappa shape index (κ1) is 16.5. The molecule has 0 fully saturated rings. The fourth-order valence-corrected chi connectivity index (χ4v) is 1.92. The van der Waals surface area contributed by atoms with Gasteiger partial charge in [-0.1, -0.05) is 18.2 Å². The zero-order valence-corrected chi connectivity index (χ0v) is 12.3. The highest BCUT2D eigenvalue weighted by Crippen LogP contribution is 2.24. The molecule has 4 heteroatoms. The number of esters is 1. The lowest BCUT2D eigenvalue weighted by Gasteiger charge is -2.13. The topological polar surface area (TPSA) is 55.8 Å². The minimum Gasteiger partial charge on any atom is -0.493 e. The summed E-state index contributed by atoms with van der Waals surface area (Å²) in [6, 6.07) is 7.50. The molecule has 1 aromatic carbocycles. The van der Waals surface area contributed by atoms with Crippen LogP contribution in [-0.4, -0.2) is 24.3 Å². The molecule has 0 aliphatic heterocycles. The number of hydrogen-bond acceptors (Lipinski definition) is 4. The van der Waals surface area contributed by atoms with Crippen LogP contribution in [0.25, 0.3) is 0 Å². The van der Waals surface area contributed by atoms with E-state index in [1.165, 1.54) is 0 Å². The maximum absolute atomic E-state index is 11.1. The molecular weight excluding hydrogens is 256 g/mol. The second-order valence-electron chi connectivity index (χ2n) is 4.68. The number of benzene rings is 1. The molecule has 0 spiro atoms. The first-order chi connectivity index (χ1) is 9.65. The summed E-state index contributed by atoms with van der Waals surface area (Å²) in [4.78, 5) is 11.1. The number of rotatable bonds is 9. The molecule has 0 radical (unpaired) electrons. The van der Waals surface area contributed by atoms with E-state index in [0.717, 1.165) is 30.6 Å². The van der Waals surface area contributed by atoms with Crippen molar-refractivity contribution in [3.05, 3.63) is 29.8 Å². The summed E-state index contributed by atoms with van der Waals surface area (Å²) in [5, 5.41) is 9.63. The first-order valence-corrected chi connectivity index (χ1v) is 7.20. The summed E-state index contributed by atoms with van der Waals surface area (Å²) < 4.78 is 10.5. The van der Waals surface area contributed by atoms with Crippen molar-refractivity contribution in [2.45, 2.75) is 45.6 Å². The normalized spacial score (nSPS) is 11.9. The Morgan fingerprint density at radius 3 is 2.70 bits per heavy atom. The van der Waals surface area contributed by atoms with E-state index in [-0.39, 0.29) is 5.97 Å². The molecular formula is C16H24O4. The highest BCUT2D eigenvalue weighted by Gasteiger charge is 2.07. The van der Waals surface area contributed by atoms with E-state index in [4.69, 9.17) is 9.47 Å². The van der Waals surface area contributed by atoms with Gasteiger partial charge in [0.05, 0.1) is 19.3 Å². The number of unbranched alkanes of at least 4 members (excludes halogenated alkanes) is 2. The quantitative estimate of drug-likeness (QED) is 0.557. The lowest BCUT2D eigenvalue weighted by molar-refractivity contribution is -0.143. The zero-order valence-electron chi connectivity index (χ0n) is 12.3. The summed E-state index contributed by atoms with van der Waals surface area (Å²) >= 11 is 0. The van der Waals surface area contributed by atoms with Crippen LogP contribution in [0.4, 0.5) is 0 Å². The number of aliphatic hydroxyl groups is 1. The summed E-state index contributed by atoms with van der Waals surface area (Å²) in [6.45, 7) is 4.57. The van der Waals surface area contributed by atoms with E-state index in [2.05, 4.69) is 0 Å². The highest BCUT2D eigenvalue weighted by molar-refractivity contribution is 5.69. The van der Waals surface area contributed by atoms with Gasteiger partial charge in [0.1, 0.15) is 5.75 Å². The largest absolute Gasteiger partial charge is 0.493 e. The molecule has 4 nitrogen and oxygen atoms in total. The van der Waals surface area contributed by atoms with Crippen LogP contribution >= 0.6 is 0 Å². The molecule has 1 aromatic rings. The summed E-state index contributed by atoms with van der Waals surface area (Å²) in [5.41, 5.74) is 0.805. The number of hydrogen-bond donors (Lipinski definition) is 1. The van der Waals surface area contributed by atoms with Gasteiger partial charge >= 0.3 is 5.97 Å². The Kier molecular flexibility index (Phi) is 7.73. The van der Waals surface area contributed by atoms with Crippen molar-refractivity contribution in [3.63, 3.8) is 0 Å². The third-order valence-electron chi connectivity index (χ3n) is 2.96. The van der Waals surface area contributed by atoms with Gasteiger partial charge in [-0.2, -0.15) is 0 Å². The molecule has 1 rings (SSSR count). The maximum Gasteiger partial charge on any atom is 0.305 e. The third kappa shape index (κ3) is 6.06. The summed E-state index contributed by atoms with van der Waals surface area (Å²) in [5.74, 6) is 0.598. The Hall–Kier alpha value is -1.55. The van der Waals surface area contributed by atoms with E-state index >= 15 is 0 Å². The van der Waals surface area contributed by atoms with Crippen molar-refractivity contribution < 1.29 is 19.4 Å². The van der Waals surface area contributed by atoms with Gasteiger partial charge in [0.15, 0.2) is 0 Å². The predicted octanol–water partition coefficient (Wildman–Crippen LogP) is 3.24. The molecule has 0 bridgehead atoms. The van der Waals surface area contributed by atoms with Crippen LogP contribution in [0.1, 0.15) is 51.2 Å². The van der Waals surface area contributed by atoms with E-state index in [9.17, 15) is 9.90 Å². The smallest absolute Gasteiger partial charge is 0.305 e. The fourth-order valence-electron chi connectivity index (χ4n) is 1.92. The third-order valence-corrected chi connectivity index (χ3v) is 2.96. The Morgan fingerprint density at radius 1 is 1.25 bits per heavy atom. The highest BCUT2D eigenvalue weighted by atomic mass is 16.5. The zero-order chi connectivity index (χ0) is 14.8. The average molecular weight is 280 g/mol. The average Bonchev–Trinajstić information content (AvgIpc) is 2.43. The molecule has 0 heterocycles. The lowest BCUT2D eigenvalue weighted by Crippen LogP contribution is -2.05. The van der Waals surface area contributed by atoms with Crippen LogP contribution in [0.2, 0.25) is 0 Å². The van der Waals surface area contributed by atoms with Crippen molar-refractivity contribution in [2.24, 2.45) is 0 Å². The van der Waals surface area contributed by atoms with Crippen LogP contribution in [0.5, 0.6) is 5.75 Å². The molecule has 1 N–H and O–H groups in total.